The average molecular weight is 216 g/mol. The van der Waals surface area contributed by atoms with Gasteiger partial charge in [-0.05, 0) is 0 Å². The molecule has 0 heterocycles. The lowest BCUT2D eigenvalue weighted by molar-refractivity contribution is 1.26. The highest BCUT2D eigenvalue weighted by molar-refractivity contribution is 7.68. The molecule has 0 aromatic heterocycles. The fourth-order valence-corrected chi connectivity index (χ4v) is 1.21. The van der Waals surface area contributed by atoms with E-state index in [1.165, 1.54) is 56.5 Å². The van der Waals surface area contributed by atoms with Crippen LogP contribution in [-0.4, -0.2) is 72.0 Å². The topological polar surface area (TPSA) is 156 Å². The van der Waals surface area contributed by atoms with Crippen molar-refractivity contribution < 1.29 is 0 Å². The molecular formula is H24B10N6. The highest BCUT2D eigenvalue weighted by Gasteiger charge is 1.96. The van der Waals surface area contributed by atoms with E-state index in [0.717, 1.165) is 0 Å². The van der Waals surface area contributed by atoms with E-state index < -0.39 is 0 Å². The maximum Gasteiger partial charge on any atom is 0.0597 e. The Labute approximate surface area is 107 Å². The molecular weight excluding hydrogens is 192 g/mol. The van der Waals surface area contributed by atoms with Gasteiger partial charge < -0.3 is 0 Å². The first kappa shape index (κ1) is 25.3. The van der Waals surface area contributed by atoms with Gasteiger partial charge in [-0.1, -0.05) is 0 Å². The summed E-state index contributed by atoms with van der Waals surface area (Å²) >= 11 is 0. The molecule has 0 aliphatic carbocycles. The van der Waals surface area contributed by atoms with Crippen LogP contribution < -0.4 is 35.1 Å². The van der Waals surface area contributed by atoms with Gasteiger partial charge in [-0.25, -0.2) is 0 Å². The van der Waals surface area contributed by atoms with Gasteiger partial charge in [-0.15, -0.1) is 0 Å². The molecule has 6 nitrogen and oxygen atoms in total. The Hall–Kier alpha value is 0.409. The van der Waals surface area contributed by atoms with Gasteiger partial charge in [-0.3, -0.25) is 35.1 Å². The van der Waals surface area contributed by atoms with Gasteiger partial charge in [-0.2, -0.15) is 0 Å². The summed E-state index contributed by atoms with van der Waals surface area (Å²) in [5.41, 5.74) is 0. The molecule has 0 aromatic rings. The van der Waals surface area contributed by atoms with E-state index in [0.29, 0.717) is 0 Å². The third kappa shape index (κ3) is 47.2. The van der Waals surface area contributed by atoms with Crippen LogP contribution in [0, 0.1) is 0 Å². The van der Waals surface area contributed by atoms with E-state index in [9.17, 15) is 0 Å². The molecule has 0 unspecified atom stereocenters. The molecule has 0 spiro atoms. The maximum absolute atomic E-state index is 4.00. The second-order valence-electron chi connectivity index (χ2n) is 3.12. The lowest BCUT2D eigenvalue weighted by Gasteiger charge is -1.88. The Morgan fingerprint density at radius 2 is 0.625 bits per heavy atom. The summed E-state index contributed by atoms with van der Waals surface area (Å²) in [6, 6.07) is 0. The predicted octanol–water partition coefficient (Wildman–Crippen LogP) is -10.6. The number of hydrazine groups is 3. The van der Waals surface area contributed by atoms with Crippen LogP contribution in [-0.2, 0) is 0 Å². The SMILES string of the molecule is BBBBBBBBBB.NN.NN.NN. The minimum atomic E-state index is 1.37. The molecule has 16 heavy (non-hydrogen) atoms. The second kappa shape index (κ2) is 45.2. The van der Waals surface area contributed by atoms with E-state index >= 15 is 0 Å². The Morgan fingerprint density at radius 3 is 0.812 bits per heavy atom. The summed E-state index contributed by atoms with van der Waals surface area (Å²) in [6.07, 6.45) is 0. The van der Waals surface area contributed by atoms with Crippen LogP contribution in [0.2, 0.25) is 0 Å². The first-order chi connectivity index (χ1) is 7.91. The zero-order valence-electron chi connectivity index (χ0n) is 11.1. The maximum atomic E-state index is 4.00. The molecule has 0 radical (unpaired) electrons. The molecule has 0 saturated carbocycles. The summed E-state index contributed by atoms with van der Waals surface area (Å²) in [6.45, 7) is 0. The van der Waals surface area contributed by atoms with E-state index in [1.54, 1.807) is 0 Å². The number of hydrogen-bond donors (Lipinski definition) is 6. The van der Waals surface area contributed by atoms with Gasteiger partial charge in [0.25, 0.3) is 0 Å². The van der Waals surface area contributed by atoms with Crippen molar-refractivity contribution in [2.24, 2.45) is 35.1 Å². The van der Waals surface area contributed by atoms with Gasteiger partial charge in [0.1, 0.15) is 0 Å². The third-order valence-corrected chi connectivity index (χ3v) is 1.96. The molecule has 0 bridgehead atoms. The molecule has 0 aliphatic heterocycles. The van der Waals surface area contributed by atoms with E-state index in [1.807, 2.05) is 0 Å². The molecule has 0 aromatic carbocycles. The fourth-order valence-electron chi connectivity index (χ4n) is 1.21. The lowest BCUT2D eigenvalue weighted by Crippen LogP contribution is -2.30. The van der Waals surface area contributed by atoms with Crippen molar-refractivity contribution in [2.45, 2.75) is 0 Å². The lowest BCUT2D eigenvalue weighted by atomic mass is 8.89. The molecule has 84 valence electrons. The van der Waals surface area contributed by atoms with E-state index in [2.05, 4.69) is 50.5 Å². The average Bonchev–Trinajstić information content (AvgIpc) is 2.41. The molecule has 0 amide bonds. The number of nitrogens with two attached hydrogens (primary N) is 6. The zero-order chi connectivity index (χ0) is 13.7. The monoisotopic (exact) mass is 218 g/mol. The predicted molar refractivity (Wildman–Crippen MR) is 99.4 cm³/mol. The van der Waals surface area contributed by atoms with Crippen molar-refractivity contribution in [3.05, 3.63) is 0 Å². The normalized spacial score (nSPS) is 5.38. The third-order valence-electron chi connectivity index (χ3n) is 1.96. The van der Waals surface area contributed by atoms with Crippen molar-refractivity contribution >= 4 is 72.0 Å². The van der Waals surface area contributed by atoms with Crippen LogP contribution in [0.25, 0.3) is 0 Å². The highest BCUT2D eigenvalue weighted by atomic mass is 15.0. The smallest absolute Gasteiger partial charge is 0.0597 e. The first-order valence-corrected chi connectivity index (χ1v) is 5.91. The summed E-state index contributed by atoms with van der Waals surface area (Å²) in [4.78, 5) is 0. The van der Waals surface area contributed by atoms with Gasteiger partial charge in [0.2, 0.25) is 0 Å². The Balaban J connectivity index is -0.000000103. The van der Waals surface area contributed by atoms with Crippen molar-refractivity contribution in [2.75, 3.05) is 0 Å². The molecule has 12 N–H and O–H groups in total. The summed E-state index contributed by atoms with van der Waals surface area (Å²) < 4.78 is 0. The quantitative estimate of drug-likeness (QED) is 0.107. The van der Waals surface area contributed by atoms with Crippen LogP contribution in [0.5, 0.6) is 0 Å². The summed E-state index contributed by atoms with van der Waals surface area (Å²) in [5.74, 6) is 24.0. The van der Waals surface area contributed by atoms with E-state index in [-0.39, 0.29) is 0 Å². The number of hydrogen-bond acceptors (Lipinski definition) is 6. The molecule has 0 fully saturated rings. The molecule has 16 heteroatoms. The first-order valence-electron chi connectivity index (χ1n) is 5.91. The van der Waals surface area contributed by atoms with Crippen molar-refractivity contribution in [3.8, 4) is 0 Å². The molecule has 0 atom stereocenters. The summed E-state index contributed by atoms with van der Waals surface area (Å²) in [7, 11) is 16.0. The van der Waals surface area contributed by atoms with Gasteiger partial charge in [0.05, 0.1) is 15.5 Å². The van der Waals surface area contributed by atoms with Gasteiger partial charge in [0, 0.05) is 56.5 Å². The standard InChI is InChI=1S/B10H12.3H4N2/c1-3-5-7-9-10-8-6-4-2;3*1-2/h3-10H,1-2H2;3*1-2H2. The van der Waals surface area contributed by atoms with Crippen LogP contribution >= 0.6 is 0 Å². The second-order valence-corrected chi connectivity index (χ2v) is 3.12. The largest absolute Gasteiger partial charge is 0.274 e. The Bertz CT molecular complexity index is 55.3. The number of rotatable bonds is 7. The minimum absolute atomic E-state index is 1.37. The van der Waals surface area contributed by atoms with Crippen molar-refractivity contribution in [1.82, 2.24) is 0 Å². The molecule has 0 rings (SSSR count). The Kier molecular flexibility index (Phi) is 71.5. The van der Waals surface area contributed by atoms with Crippen molar-refractivity contribution in [3.63, 3.8) is 0 Å². The van der Waals surface area contributed by atoms with Crippen LogP contribution in [0.3, 0.4) is 0 Å². The van der Waals surface area contributed by atoms with Crippen molar-refractivity contribution in [1.29, 1.82) is 0 Å². The fraction of sp³-hybridized carbons (Fsp3) is 0. The van der Waals surface area contributed by atoms with Gasteiger partial charge >= 0.3 is 0 Å². The van der Waals surface area contributed by atoms with Crippen LogP contribution in [0.15, 0.2) is 0 Å². The zero-order valence-corrected chi connectivity index (χ0v) is 11.1. The van der Waals surface area contributed by atoms with Crippen LogP contribution in [0.4, 0.5) is 0 Å². The molecule has 0 aliphatic rings. The highest BCUT2D eigenvalue weighted by Crippen LogP contribution is 1.54. The van der Waals surface area contributed by atoms with Crippen LogP contribution in [0.1, 0.15) is 0 Å². The minimum Gasteiger partial charge on any atom is -0.274 e. The van der Waals surface area contributed by atoms with Gasteiger partial charge in [0.15, 0.2) is 0 Å². The Morgan fingerprint density at radius 1 is 0.438 bits per heavy atom. The van der Waals surface area contributed by atoms with E-state index in [4.69, 9.17) is 0 Å². The summed E-state index contributed by atoms with van der Waals surface area (Å²) in [5, 5.41) is 0. The molecule has 0 saturated heterocycles.